The van der Waals surface area contributed by atoms with Crippen molar-refractivity contribution in [3.63, 3.8) is 0 Å². The molecule has 22 heavy (non-hydrogen) atoms. The number of hydrogen-bond donors (Lipinski definition) is 2. The Kier molecular flexibility index (Phi) is 4.43. The third-order valence-corrected chi connectivity index (χ3v) is 4.41. The van der Waals surface area contributed by atoms with Crippen LogP contribution < -0.4 is 5.32 Å². The lowest BCUT2D eigenvalue weighted by atomic mass is 9.98. The maximum atomic E-state index is 12.5. The fourth-order valence-corrected chi connectivity index (χ4v) is 2.87. The van der Waals surface area contributed by atoms with Gasteiger partial charge in [-0.15, -0.1) is 0 Å². The van der Waals surface area contributed by atoms with Gasteiger partial charge >= 0.3 is 0 Å². The summed E-state index contributed by atoms with van der Waals surface area (Å²) >= 11 is 0. The van der Waals surface area contributed by atoms with E-state index in [2.05, 4.69) is 5.32 Å². The highest BCUT2D eigenvalue weighted by molar-refractivity contribution is 5.96. The van der Waals surface area contributed by atoms with Gasteiger partial charge in [-0.3, -0.25) is 9.59 Å². The number of amides is 2. The van der Waals surface area contributed by atoms with Gasteiger partial charge in [0.2, 0.25) is 5.91 Å². The number of benzene rings is 1. The number of likely N-dealkylation sites (tertiary alicyclic amines) is 1. The van der Waals surface area contributed by atoms with E-state index >= 15 is 0 Å². The number of carbonyl (C=O) groups excluding carboxylic acids is 2. The molecule has 0 aromatic heterocycles. The Bertz CT molecular complexity index is 552. The van der Waals surface area contributed by atoms with Crippen LogP contribution in [0.5, 0.6) is 0 Å². The quantitative estimate of drug-likeness (QED) is 0.892. The van der Waals surface area contributed by atoms with Gasteiger partial charge in [0.05, 0.1) is 0 Å². The molecule has 1 saturated carbocycles. The Hall–Kier alpha value is -1.88. The summed E-state index contributed by atoms with van der Waals surface area (Å²) in [5.74, 6) is 0.430. The first kappa shape index (κ1) is 15.0. The smallest absolute Gasteiger partial charge is 0.253 e. The highest BCUT2D eigenvalue weighted by Gasteiger charge is 2.29. The summed E-state index contributed by atoms with van der Waals surface area (Å²) in [6, 6.07) is 7.07. The molecule has 0 spiro atoms. The van der Waals surface area contributed by atoms with Crippen LogP contribution in [0.1, 0.15) is 36.0 Å². The van der Waals surface area contributed by atoms with E-state index in [1.54, 1.807) is 24.3 Å². The van der Waals surface area contributed by atoms with E-state index in [1.165, 1.54) is 0 Å². The maximum absolute atomic E-state index is 12.5. The molecule has 5 heteroatoms. The Morgan fingerprint density at radius 3 is 2.55 bits per heavy atom. The van der Waals surface area contributed by atoms with Gasteiger partial charge in [-0.25, -0.2) is 0 Å². The predicted octanol–water partition coefficient (Wildman–Crippen LogP) is 1.88. The van der Waals surface area contributed by atoms with Crippen LogP contribution in [-0.2, 0) is 4.79 Å². The number of hydrogen-bond acceptors (Lipinski definition) is 3. The van der Waals surface area contributed by atoms with Crippen molar-refractivity contribution >= 4 is 17.5 Å². The molecule has 2 aliphatic rings. The van der Waals surface area contributed by atoms with Crippen molar-refractivity contribution in [3.05, 3.63) is 29.8 Å². The van der Waals surface area contributed by atoms with Crippen LogP contribution in [0.4, 0.5) is 5.69 Å². The number of anilines is 1. The molecule has 2 N–H and O–H groups in total. The lowest BCUT2D eigenvalue weighted by Gasteiger charge is -2.31. The van der Waals surface area contributed by atoms with Crippen LogP contribution in [-0.4, -0.2) is 41.5 Å². The van der Waals surface area contributed by atoms with Crippen LogP contribution in [0.3, 0.4) is 0 Å². The average Bonchev–Trinajstić information content (AvgIpc) is 3.40. The zero-order chi connectivity index (χ0) is 15.5. The highest BCUT2D eigenvalue weighted by atomic mass is 16.3. The van der Waals surface area contributed by atoms with Crippen LogP contribution in [0.2, 0.25) is 0 Å². The van der Waals surface area contributed by atoms with Crippen LogP contribution in [0, 0.1) is 11.8 Å². The van der Waals surface area contributed by atoms with E-state index in [0.717, 1.165) is 37.9 Å². The van der Waals surface area contributed by atoms with Gasteiger partial charge in [-0.05, 0) is 55.9 Å². The van der Waals surface area contributed by atoms with Crippen LogP contribution >= 0.6 is 0 Å². The lowest BCUT2D eigenvalue weighted by Crippen LogP contribution is -2.40. The Morgan fingerprint density at radius 1 is 1.18 bits per heavy atom. The van der Waals surface area contributed by atoms with Gasteiger partial charge in [-0.1, -0.05) is 0 Å². The third kappa shape index (κ3) is 3.47. The standard InChI is InChI=1S/C17H22N2O3/c20-11-12-2-1-9-19(10-12)17(22)14-5-7-15(8-6-14)18-16(21)13-3-4-13/h5-8,12-13,20H,1-4,9-11H2,(H,18,21). The van der Waals surface area contributed by atoms with E-state index in [-0.39, 0.29) is 30.3 Å². The number of piperidine rings is 1. The molecular formula is C17H22N2O3. The second-order valence-electron chi connectivity index (χ2n) is 6.28. The molecule has 1 heterocycles. The third-order valence-electron chi connectivity index (χ3n) is 4.41. The second kappa shape index (κ2) is 6.48. The van der Waals surface area contributed by atoms with Crippen molar-refractivity contribution in [2.45, 2.75) is 25.7 Å². The average molecular weight is 302 g/mol. The second-order valence-corrected chi connectivity index (χ2v) is 6.28. The fourth-order valence-electron chi connectivity index (χ4n) is 2.87. The molecule has 1 aliphatic heterocycles. The van der Waals surface area contributed by atoms with Crippen molar-refractivity contribution in [2.24, 2.45) is 11.8 Å². The molecule has 1 unspecified atom stereocenters. The molecule has 3 rings (SSSR count). The normalized spacial score (nSPS) is 21.5. The van der Waals surface area contributed by atoms with E-state index in [4.69, 9.17) is 0 Å². The topological polar surface area (TPSA) is 69.6 Å². The maximum Gasteiger partial charge on any atom is 0.253 e. The van der Waals surface area contributed by atoms with E-state index in [9.17, 15) is 14.7 Å². The van der Waals surface area contributed by atoms with Crippen LogP contribution in [0.15, 0.2) is 24.3 Å². The molecule has 2 fully saturated rings. The molecular weight excluding hydrogens is 280 g/mol. The summed E-state index contributed by atoms with van der Waals surface area (Å²) in [5, 5.41) is 12.1. The number of nitrogens with zero attached hydrogens (tertiary/aromatic N) is 1. The van der Waals surface area contributed by atoms with Crippen molar-refractivity contribution in [2.75, 3.05) is 25.0 Å². The molecule has 1 aromatic carbocycles. The number of rotatable bonds is 4. The van der Waals surface area contributed by atoms with Crippen molar-refractivity contribution < 1.29 is 14.7 Å². The minimum Gasteiger partial charge on any atom is -0.396 e. The summed E-state index contributed by atoms with van der Waals surface area (Å²) in [7, 11) is 0. The van der Waals surface area contributed by atoms with Crippen molar-refractivity contribution in [3.8, 4) is 0 Å². The van der Waals surface area contributed by atoms with E-state index in [1.807, 2.05) is 4.90 Å². The van der Waals surface area contributed by atoms with Gasteiger partial charge in [0, 0.05) is 36.9 Å². The minimum absolute atomic E-state index is 0.00165. The first-order chi connectivity index (χ1) is 10.7. The Balaban J connectivity index is 1.61. The van der Waals surface area contributed by atoms with Gasteiger partial charge < -0.3 is 15.3 Å². The Morgan fingerprint density at radius 2 is 1.91 bits per heavy atom. The monoisotopic (exact) mass is 302 g/mol. The fraction of sp³-hybridized carbons (Fsp3) is 0.529. The molecule has 1 aromatic rings. The number of aliphatic hydroxyl groups excluding tert-OH is 1. The first-order valence-electron chi connectivity index (χ1n) is 7.98. The predicted molar refractivity (Wildman–Crippen MR) is 83.5 cm³/mol. The molecule has 1 atom stereocenters. The summed E-state index contributed by atoms with van der Waals surface area (Å²) in [4.78, 5) is 26.0. The summed E-state index contributed by atoms with van der Waals surface area (Å²) in [6.07, 6.45) is 3.87. The molecule has 5 nitrogen and oxygen atoms in total. The molecule has 1 saturated heterocycles. The summed E-state index contributed by atoms with van der Waals surface area (Å²) in [5.41, 5.74) is 1.36. The minimum atomic E-state index is -0.00165. The van der Waals surface area contributed by atoms with Crippen molar-refractivity contribution in [1.29, 1.82) is 0 Å². The Labute approximate surface area is 130 Å². The van der Waals surface area contributed by atoms with E-state index in [0.29, 0.717) is 12.1 Å². The molecule has 1 aliphatic carbocycles. The van der Waals surface area contributed by atoms with Gasteiger partial charge in [0.25, 0.3) is 5.91 Å². The molecule has 118 valence electrons. The summed E-state index contributed by atoms with van der Waals surface area (Å²) in [6.45, 7) is 1.50. The SMILES string of the molecule is O=C(Nc1ccc(C(=O)N2CCCC(CO)C2)cc1)C1CC1. The summed E-state index contributed by atoms with van der Waals surface area (Å²) < 4.78 is 0. The first-order valence-corrected chi connectivity index (χ1v) is 7.98. The van der Waals surface area contributed by atoms with Crippen molar-refractivity contribution in [1.82, 2.24) is 4.90 Å². The van der Waals surface area contributed by atoms with E-state index < -0.39 is 0 Å². The number of nitrogens with one attached hydrogen (secondary N) is 1. The lowest BCUT2D eigenvalue weighted by molar-refractivity contribution is -0.117. The zero-order valence-electron chi connectivity index (χ0n) is 12.6. The van der Waals surface area contributed by atoms with Gasteiger partial charge in [0.1, 0.15) is 0 Å². The largest absolute Gasteiger partial charge is 0.396 e. The zero-order valence-corrected chi connectivity index (χ0v) is 12.6. The van der Waals surface area contributed by atoms with Gasteiger partial charge in [-0.2, -0.15) is 0 Å². The molecule has 0 bridgehead atoms. The number of carbonyl (C=O) groups is 2. The van der Waals surface area contributed by atoms with Crippen LogP contribution in [0.25, 0.3) is 0 Å². The highest BCUT2D eigenvalue weighted by Crippen LogP contribution is 2.30. The molecule has 0 radical (unpaired) electrons. The number of aliphatic hydroxyl groups is 1. The molecule has 2 amide bonds. The van der Waals surface area contributed by atoms with Gasteiger partial charge in [0.15, 0.2) is 0 Å².